The average molecular weight is 303 g/mol. The van der Waals surface area contributed by atoms with E-state index in [1.165, 1.54) is 6.42 Å². The van der Waals surface area contributed by atoms with E-state index >= 15 is 0 Å². The number of carbonyl (C=O) groups is 1. The normalized spacial score (nSPS) is 16.4. The number of hydrogen-bond acceptors (Lipinski definition) is 2. The molecule has 0 N–H and O–H groups in total. The Labute approximate surface area is 129 Å². The molecule has 0 spiro atoms. The maximum atomic E-state index is 12.6. The quantitative estimate of drug-likeness (QED) is 0.781. The van der Waals surface area contributed by atoms with Crippen LogP contribution in [0.5, 0.6) is 0 Å². The summed E-state index contributed by atoms with van der Waals surface area (Å²) in [6.45, 7) is 3.86. The number of fused-ring (bicyclic) bond motifs is 1. The molecule has 1 aromatic heterocycles. The molecule has 0 bridgehead atoms. The van der Waals surface area contributed by atoms with Crippen LogP contribution in [-0.2, 0) is 0 Å². The Morgan fingerprint density at radius 3 is 2.76 bits per heavy atom. The van der Waals surface area contributed by atoms with E-state index in [2.05, 4.69) is 11.9 Å². The van der Waals surface area contributed by atoms with Gasteiger partial charge in [-0.15, -0.1) is 0 Å². The van der Waals surface area contributed by atoms with Crippen LogP contribution in [0.1, 0.15) is 36.7 Å². The minimum Gasteiger partial charge on any atom is -0.337 e. The minimum absolute atomic E-state index is 0.00259. The molecule has 2 aromatic rings. The van der Waals surface area contributed by atoms with E-state index in [1.54, 1.807) is 0 Å². The standard InChI is InChI=1S/C17H19ClN2O/c1-2-12-7-9-20(10-8-12)17(21)15-11-13-5-3-4-6-14(13)16(18)19-15/h3-6,11-12H,2,7-10H2,1H3. The van der Waals surface area contributed by atoms with Crippen molar-refractivity contribution in [3.05, 3.63) is 41.2 Å². The number of carbonyl (C=O) groups excluding carboxylic acids is 1. The van der Waals surface area contributed by atoms with Crippen LogP contribution in [0.2, 0.25) is 5.15 Å². The van der Waals surface area contributed by atoms with E-state index in [1.807, 2.05) is 35.2 Å². The zero-order valence-corrected chi connectivity index (χ0v) is 12.9. The first-order chi connectivity index (χ1) is 10.2. The maximum absolute atomic E-state index is 12.6. The average Bonchev–Trinajstić information content (AvgIpc) is 2.54. The van der Waals surface area contributed by atoms with Gasteiger partial charge < -0.3 is 4.90 Å². The highest BCUT2D eigenvalue weighted by Crippen LogP contribution is 2.25. The van der Waals surface area contributed by atoms with Gasteiger partial charge >= 0.3 is 0 Å². The molecule has 0 saturated carbocycles. The highest BCUT2D eigenvalue weighted by Gasteiger charge is 2.24. The van der Waals surface area contributed by atoms with Crippen molar-refractivity contribution in [3.63, 3.8) is 0 Å². The van der Waals surface area contributed by atoms with Gasteiger partial charge in [-0.25, -0.2) is 4.98 Å². The van der Waals surface area contributed by atoms with Crippen LogP contribution in [-0.4, -0.2) is 28.9 Å². The number of halogens is 1. The van der Waals surface area contributed by atoms with Gasteiger partial charge in [0.05, 0.1) is 0 Å². The van der Waals surface area contributed by atoms with Gasteiger partial charge in [0.1, 0.15) is 10.8 Å². The van der Waals surface area contributed by atoms with E-state index in [0.717, 1.165) is 42.6 Å². The van der Waals surface area contributed by atoms with Crippen LogP contribution in [0, 0.1) is 5.92 Å². The lowest BCUT2D eigenvalue weighted by Crippen LogP contribution is -2.38. The third kappa shape index (κ3) is 2.88. The van der Waals surface area contributed by atoms with Crippen LogP contribution in [0.3, 0.4) is 0 Å². The molecule has 1 aromatic carbocycles. The first kappa shape index (κ1) is 14.3. The third-order valence-electron chi connectivity index (χ3n) is 4.39. The van der Waals surface area contributed by atoms with Gasteiger partial charge in [-0.3, -0.25) is 4.79 Å². The molecule has 21 heavy (non-hydrogen) atoms. The molecule has 0 aliphatic carbocycles. The summed E-state index contributed by atoms with van der Waals surface area (Å²) in [6.07, 6.45) is 3.37. The van der Waals surface area contributed by atoms with Crippen LogP contribution < -0.4 is 0 Å². The fraction of sp³-hybridized carbons (Fsp3) is 0.412. The molecule has 3 rings (SSSR count). The van der Waals surface area contributed by atoms with Crippen molar-refractivity contribution < 1.29 is 4.79 Å². The Morgan fingerprint density at radius 1 is 1.33 bits per heavy atom. The summed E-state index contributed by atoms with van der Waals surface area (Å²) >= 11 is 6.21. The number of amides is 1. The second-order valence-corrected chi connectivity index (χ2v) is 6.02. The fourth-order valence-corrected chi connectivity index (χ4v) is 3.24. The largest absolute Gasteiger partial charge is 0.337 e. The van der Waals surface area contributed by atoms with Crippen molar-refractivity contribution >= 4 is 28.3 Å². The Balaban J connectivity index is 1.85. The Hall–Kier alpha value is -1.61. The second-order valence-electron chi connectivity index (χ2n) is 5.66. The molecular formula is C17H19ClN2O. The molecular weight excluding hydrogens is 284 g/mol. The molecule has 4 heteroatoms. The highest BCUT2D eigenvalue weighted by atomic mass is 35.5. The lowest BCUT2D eigenvalue weighted by Gasteiger charge is -2.31. The van der Waals surface area contributed by atoms with Gasteiger partial charge in [0.2, 0.25) is 0 Å². The van der Waals surface area contributed by atoms with E-state index in [4.69, 9.17) is 11.6 Å². The molecule has 2 heterocycles. The molecule has 110 valence electrons. The molecule has 1 aliphatic heterocycles. The zero-order valence-electron chi connectivity index (χ0n) is 12.2. The van der Waals surface area contributed by atoms with E-state index in [9.17, 15) is 4.79 Å². The first-order valence-corrected chi connectivity index (χ1v) is 7.91. The zero-order chi connectivity index (χ0) is 14.8. The topological polar surface area (TPSA) is 33.2 Å². The lowest BCUT2D eigenvalue weighted by molar-refractivity contribution is 0.0683. The monoisotopic (exact) mass is 302 g/mol. The first-order valence-electron chi connectivity index (χ1n) is 7.53. The summed E-state index contributed by atoms with van der Waals surface area (Å²) in [6, 6.07) is 9.59. The third-order valence-corrected chi connectivity index (χ3v) is 4.68. The number of hydrogen-bond donors (Lipinski definition) is 0. The van der Waals surface area contributed by atoms with Crippen molar-refractivity contribution in [3.8, 4) is 0 Å². The lowest BCUT2D eigenvalue weighted by atomic mass is 9.94. The minimum atomic E-state index is -0.00259. The summed E-state index contributed by atoms with van der Waals surface area (Å²) in [5.74, 6) is 0.749. The van der Waals surface area contributed by atoms with Crippen LogP contribution in [0.25, 0.3) is 10.8 Å². The summed E-state index contributed by atoms with van der Waals surface area (Å²) in [5.41, 5.74) is 0.452. The van der Waals surface area contributed by atoms with Crippen molar-refractivity contribution in [2.45, 2.75) is 26.2 Å². The van der Waals surface area contributed by atoms with Crippen LogP contribution >= 0.6 is 11.6 Å². The van der Waals surface area contributed by atoms with Crippen LogP contribution in [0.4, 0.5) is 0 Å². The highest BCUT2D eigenvalue weighted by molar-refractivity contribution is 6.34. The van der Waals surface area contributed by atoms with Crippen LogP contribution in [0.15, 0.2) is 30.3 Å². The predicted octanol–water partition coefficient (Wildman–Crippen LogP) is 4.15. The smallest absolute Gasteiger partial charge is 0.272 e. The molecule has 1 amide bonds. The molecule has 3 nitrogen and oxygen atoms in total. The van der Waals surface area contributed by atoms with Gasteiger partial charge in [0.15, 0.2) is 0 Å². The Morgan fingerprint density at radius 2 is 2.05 bits per heavy atom. The van der Waals surface area contributed by atoms with Gasteiger partial charge in [-0.05, 0) is 30.2 Å². The molecule has 1 fully saturated rings. The molecule has 0 unspecified atom stereocenters. The summed E-state index contributed by atoms with van der Waals surface area (Å²) in [4.78, 5) is 18.8. The predicted molar refractivity (Wildman–Crippen MR) is 85.7 cm³/mol. The van der Waals surface area contributed by atoms with E-state index < -0.39 is 0 Å². The second kappa shape index (κ2) is 6.02. The van der Waals surface area contributed by atoms with E-state index in [0.29, 0.717) is 10.8 Å². The molecule has 0 atom stereocenters. The van der Waals surface area contributed by atoms with Gasteiger partial charge in [-0.2, -0.15) is 0 Å². The number of aromatic nitrogens is 1. The SMILES string of the molecule is CCC1CCN(C(=O)c2cc3ccccc3c(Cl)n2)CC1. The van der Waals surface area contributed by atoms with Crippen molar-refractivity contribution in [2.75, 3.05) is 13.1 Å². The van der Waals surface area contributed by atoms with Crippen molar-refractivity contribution in [2.24, 2.45) is 5.92 Å². The molecule has 1 saturated heterocycles. The Kier molecular flexibility index (Phi) is 4.11. The number of pyridine rings is 1. The summed E-state index contributed by atoms with van der Waals surface area (Å²) in [7, 11) is 0. The number of nitrogens with zero attached hydrogens (tertiary/aromatic N) is 2. The van der Waals surface area contributed by atoms with Gasteiger partial charge in [0.25, 0.3) is 5.91 Å². The molecule has 1 aliphatic rings. The number of benzene rings is 1. The van der Waals surface area contributed by atoms with E-state index in [-0.39, 0.29) is 5.91 Å². The van der Waals surface area contributed by atoms with Gasteiger partial charge in [0, 0.05) is 18.5 Å². The number of piperidine rings is 1. The van der Waals surface area contributed by atoms with Crippen molar-refractivity contribution in [1.29, 1.82) is 0 Å². The Bertz CT molecular complexity index is 663. The maximum Gasteiger partial charge on any atom is 0.272 e. The number of likely N-dealkylation sites (tertiary alicyclic amines) is 1. The van der Waals surface area contributed by atoms with Crippen molar-refractivity contribution in [1.82, 2.24) is 9.88 Å². The number of rotatable bonds is 2. The summed E-state index contributed by atoms with van der Waals surface area (Å²) in [5, 5.41) is 2.25. The molecule has 0 radical (unpaired) electrons. The summed E-state index contributed by atoms with van der Waals surface area (Å²) < 4.78 is 0. The fourth-order valence-electron chi connectivity index (χ4n) is 2.97. The van der Waals surface area contributed by atoms with Gasteiger partial charge in [-0.1, -0.05) is 49.2 Å².